The summed E-state index contributed by atoms with van der Waals surface area (Å²) in [5, 5.41) is 0. The average molecular weight is 291 g/mol. The molecule has 0 saturated carbocycles. The van der Waals surface area contributed by atoms with Crippen molar-refractivity contribution in [2.75, 3.05) is 0 Å². The Kier molecular flexibility index (Phi) is 8.22. The van der Waals surface area contributed by atoms with Crippen molar-refractivity contribution < 1.29 is 0 Å². The Balaban J connectivity index is 0. The first-order chi connectivity index (χ1) is 3.79. The van der Waals surface area contributed by atoms with Crippen molar-refractivity contribution in [3.8, 4) is 0 Å². The van der Waals surface area contributed by atoms with Gasteiger partial charge in [0.15, 0.2) is 0 Å². The van der Waals surface area contributed by atoms with Gasteiger partial charge in [0.05, 0.1) is 0 Å². The topological polar surface area (TPSA) is 0 Å². The smallest absolute Gasteiger partial charge is 0.0130 e. The number of benzene rings is 1. The van der Waals surface area contributed by atoms with Gasteiger partial charge in [0.1, 0.15) is 0 Å². The minimum absolute atomic E-state index is 0. The average Bonchev–Trinajstić information content (AvgIpc) is 1.77. The number of hydrogen-bond acceptors (Lipinski definition) is 0. The van der Waals surface area contributed by atoms with Gasteiger partial charge in [-0.05, 0) is 41.6 Å². The molecule has 0 saturated heterocycles. The molecule has 0 unspecified atom stereocenters. The van der Waals surface area contributed by atoms with Crippen LogP contribution in [0.2, 0.25) is 0 Å². The van der Waals surface area contributed by atoms with Crippen LogP contribution < -0.4 is 0 Å². The molecule has 1 aromatic rings. The molecule has 3 heteroatoms. The molecule has 0 nitrogen and oxygen atoms in total. The molecule has 0 amide bonds. The minimum Gasteiger partial charge on any atom is -0.147 e. The standard InChI is InChI=1S/C7H7I.2ClH/c1-6-2-4-7(8)5-3-6;;/h2-5H,1H3;2*1H. The molecule has 1 aromatic carbocycles. The SMILES string of the molecule is Cc1ccc(I)cc1.Cl.Cl. The van der Waals surface area contributed by atoms with Crippen molar-refractivity contribution in [1.29, 1.82) is 0 Å². The van der Waals surface area contributed by atoms with Crippen molar-refractivity contribution >= 4 is 47.4 Å². The molecule has 0 atom stereocenters. The Bertz CT molecular complexity index is 150. The largest absolute Gasteiger partial charge is 0.147 e. The Morgan fingerprint density at radius 1 is 1.00 bits per heavy atom. The first-order valence-electron chi connectivity index (χ1n) is 2.51. The van der Waals surface area contributed by atoms with E-state index < -0.39 is 0 Å². The van der Waals surface area contributed by atoms with Gasteiger partial charge in [-0.15, -0.1) is 24.8 Å². The molecule has 0 aliphatic heterocycles. The lowest BCUT2D eigenvalue weighted by atomic mass is 10.2. The maximum absolute atomic E-state index is 2.30. The highest BCUT2D eigenvalue weighted by Crippen LogP contribution is 2.04. The molecule has 0 fully saturated rings. The van der Waals surface area contributed by atoms with Crippen molar-refractivity contribution in [2.24, 2.45) is 0 Å². The Hall–Kier alpha value is 0.530. The third-order valence-corrected chi connectivity index (χ3v) is 1.73. The van der Waals surface area contributed by atoms with Crippen LogP contribution in [-0.4, -0.2) is 0 Å². The molecule has 0 radical (unpaired) electrons. The highest BCUT2D eigenvalue weighted by atomic mass is 127. The molecule has 1 rings (SSSR count). The minimum atomic E-state index is 0. The van der Waals surface area contributed by atoms with Gasteiger partial charge in [0.25, 0.3) is 0 Å². The summed E-state index contributed by atoms with van der Waals surface area (Å²) >= 11 is 2.30. The zero-order valence-electron chi connectivity index (χ0n) is 5.50. The zero-order valence-corrected chi connectivity index (χ0v) is 9.29. The van der Waals surface area contributed by atoms with E-state index in [-0.39, 0.29) is 24.8 Å². The maximum Gasteiger partial charge on any atom is 0.0130 e. The van der Waals surface area contributed by atoms with Crippen molar-refractivity contribution in [1.82, 2.24) is 0 Å². The van der Waals surface area contributed by atoms with E-state index in [0.29, 0.717) is 0 Å². The van der Waals surface area contributed by atoms with Crippen molar-refractivity contribution in [3.05, 3.63) is 33.4 Å². The van der Waals surface area contributed by atoms with Crippen LogP contribution in [0.4, 0.5) is 0 Å². The monoisotopic (exact) mass is 290 g/mol. The quantitative estimate of drug-likeness (QED) is 0.642. The van der Waals surface area contributed by atoms with Gasteiger partial charge < -0.3 is 0 Å². The second-order valence-electron chi connectivity index (χ2n) is 1.80. The van der Waals surface area contributed by atoms with Gasteiger partial charge in [0.2, 0.25) is 0 Å². The Morgan fingerprint density at radius 3 is 1.70 bits per heavy atom. The van der Waals surface area contributed by atoms with E-state index in [2.05, 4.69) is 53.8 Å². The molecule has 0 aliphatic rings. The molecular formula is C7H9Cl2I. The molecule has 10 heavy (non-hydrogen) atoms. The Labute approximate surface area is 87.4 Å². The lowest BCUT2D eigenvalue weighted by Crippen LogP contribution is -1.69. The first kappa shape index (κ1) is 13.1. The summed E-state index contributed by atoms with van der Waals surface area (Å²) in [5.41, 5.74) is 1.32. The van der Waals surface area contributed by atoms with E-state index in [1.165, 1.54) is 9.13 Å². The van der Waals surface area contributed by atoms with Gasteiger partial charge in [-0.1, -0.05) is 17.7 Å². The predicted octanol–water partition coefficient (Wildman–Crippen LogP) is 3.44. The fraction of sp³-hybridized carbons (Fsp3) is 0.143. The highest BCUT2D eigenvalue weighted by molar-refractivity contribution is 14.1. The van der Waals surface area contributed by atoms with Crippen LogP contribution in [0.3, 0.4) is 0 Å². The summed E-state index contributed by atoms with van der Waals surface area (Å²) in [6.07, 6.45) is 0. The summed E-state index contributed by atoms with van der Waals surface area (Å²) < 4.78 is 1.30. The van der Waals surface area contributed by atoms with Gasteiger partial charge in [-0.25, -0.2) is 0 Å². The van der Waals surface area contributed by atoms with Crippen LogP contribution in [0.5, 0.6) is 0 Å². The van der Waals surface area contributed by atoms with Gasteiger partial charge in [-0.3, -0.25) is 0 Å². The summed E-state index contributed by atoms with van der Waals surface area (Å²) in [4.78, 5) is 0. The third kappa shape index (κ3) is 4.36. The van der Waals surface area contributed by atoms with Crippen molar-refractivity contribution in [2.45, 2.75) is 6.92 Å². The molecular weight excluding hydrogens is 282 g/mol. The van der Waals surface area contributed by atoms with Crippen LogP contribution in [0.15, 0.2) is 24.3 Å². The van der Waals surface area contributed by atoms with Gasteiger partial charge >= 0.3 is 0 Å². The number of aryl methyl sites for hydroxylation is 1. The lowest BCUT2D eigenvalue weighted by molar-refractivity contribution is 1.46. The maximum atomic E-state index is 2.30. The van der Waals surface area contributed by atoms with Gasteiger partial charge in [0, 0.05) is 3.57 Å². The fourth-order valence-corrected chi connectivity index (χ4v) is 0.893. The van der Waals surface area contributed by atoms with Crippen LogP contribution in [0, 0.1) is 10.5 Å². The molecule has 0 bridgehead atoms. The lowest BCUT2D eigenvalue weighted by Gasteiger charge is -1.88. The summed E-state index contributed by atoms with van der Waals surface area (Å²) in [6, 6.07) is 8.44. The van der Waals surface area contributed by atoms with Crippen LogP contribution in [0.25, 0.3) is 0 Å². The van der Waals surface area contributed by atoms with E-state index >= 15 is 0 Å². The normalized spacial score (nSPS) is 7.40. The van der Waals surface area contributed by atoms with Crippen LogP contribution in [-0.2, 0) is 0 Å². The third-order valence-electron chi connectivity index (χ3n) is 1.01. The predicted molar refractivity (Wildman–Crippen MR) is 58.4 cm³/mol. The van der Waals surface area contributed by atoms with E-state index in [1.807, 2.05) is 0 Å². The fourth-order valence-electron chi connectivity index (χ4n) is 0.533. The van der Waals surface area contributed by atoms with Crippen LogP contribution >= 0.6 is 47.4 Å². The van der Waals surface area contributed by atoms with E-state index in [1.54, 1.807) is 0 Å². The van der Waals surface area contributed by atoms with Crippen LogP contribution in [0.1, 0.15) is 5.56 Å². The first-order valence-corrected chi connectivity index (χ1v) is 3.59. The zero-order chi connectivity index (χ0) is 5.98. The number of halogens is 3. The molecule has 0 N–H and O–H groups in total. The molecule has 0 heterocycles. The second-order valence-corrected chi connectivity index (χ2v) is 3.04. The number of hydrogen-bond donors (Lipinski definition) is 0. The van der Waals surface area contributed by atoms with Crippen molar-refractivity contribution in [3.63, 3.8) is 0 Å². The van der Waals surface area contributed by atoms with E-state index in [9.17, 15) is 0 Å². The van der Waals surface area contributed by atoms with Gasteiger partial charge in [-0.2, -0.15) is 0 Å². The number of rotatable bonds is 0. The molecule has 0 aromatic heterocycles. The molecule has 0 spiro atoms. The highest BCUT2D eigenvalue weighted by Gasteiger charge is 1.81. The Morgan fingerprint density at radius 2 is 1.40 bits per heavy atom. The molecule has 58 valence electrons. The summed E-state index contributed by atoms with van der Waals surface area (Å²) in [6.45, 7) is 2.09. The second kappa shape index (κ2) is 6.25. The summed E-state index contributed by atoms with van der Waals surface area (Å²) in [5.74, 6) is 0. The van der Waals surface area contributed by atoms with E-state index in [0.717, 1.165) is 0 Å². The van der Waals surface area contributed by atoms with E-state index in [4.69, 9.17) is 0 Å². The summed E-state index contributed by atoms with van der Waals surface area (Å²) in [7, 11) is 0. The molecule has 0 aliphatic carbocycles.